The van der Waals surface area contributed by atoms with Crippen LogP contribution in [-0.4, -0.2) is 9.78 Å². The maximum atomic E-state index is 6.25. The molecule has 3 N–H and O–H groups in total. The van der Waals surface area contributed by atoms with Gasteiger partial charge in [-0.3, -0.25) is 16.0 Å². The second-order valence-electron chi connectivity index (χ2n) is 4.30. The standard InChI is InChI=1S/C13H17ClN4/c1-9-13(14)12(18(2)17-9)8-11(16-15)10-6-4-3-5-7-10/h3-7,11,16H,8,15H2,1-2H3. The molecule has 0 spiro atoms. The van der Waals surface area contributed by atoms with Crippen LogP contribution in [0.1, 0.15) is 23.0 Å². The van der Waals surface area contributed by atoms with Gasteiger partial charge in [0.1, 0.15) is 0 Å². The fourth-order valence-electron chi connectivity index (χ4n) is 2.05. The van der Waals surface area contributed by atoms with E-state index in [1.807, 2.05) is 49.0 Å². The second-order valence-corrected chi connectivity index (χ2v) is 4.68. The van der Waals surface area contributed by atoms with Crippen molar-refractivity contribution in [2.75, 3.05) is 0 Å². The molecule has 0 radical (unpaired) electrons. The molecule has 1 unspecified atom stereocenters. The van der Waals surface area contributed by atoms with E-state index in [9.17, 15) is 0 Å². The van der Waals surface area contributed by atoms with Gasteiger partial charge in [0.2, 0.25) is 0 Å². The molecule has 0 fully saturated rings. The summed E-state index contributed by atoms with van der Waals surface area (Å²) in [5, 5.41) is 5.02. The Morgan fingerprint density at radius 3 is 2.56 bits per heavy atom. The summed E-state index contributed by atoms with van der Waals surface area (Å²) in [6.45, 7) is 1.90. The van der Waals surface area contributed by atoms with Gasteiger partial charge >= 0.3 is 0 Å². The summed E-state index contributed by atoms with van der Waals surface area (Å²) < 4.78 is 1.81. The Bertz CT molecular complexity index is 521. The lowest BCUT2D eigenvalue weighted by atomic mass is 10.0. The van der Waals surface area contributed by atoms with Crippen molar-refractivity contribution in [2.45, 2.75) is 19.4 Å². The minimum atomic E-state index is 0.0264. The van der Waals surface area contributed by atoms with Gasteiger partial charge in [-0.2, -0.15) is 5.10 Å². The smallest absolute Gasteiger partial charge is 0.0847 e. The highest BCUT2D eigenvalue weighted by molar-refractivity contribution is 6.31. The molecular weight excluding hydrogens is 248 g/mol. The molecule has 1 aromatic carbocycles. The number of rotatable bonds is 4. The molecule has 1 heterocycles. The normalized spacial score (nSPS) is 12.7. The van der Waals surface area contributed by atoms with Crippen LogP contribution in [0.4, 0.5) is 0 Å². The zero-order valence-corrected chi connectivity index (χ0v) is 11.3. The first kappa shape index (κ1) is 13.1. The van der Waals surface area contributed by atoms with Gasteiger partial charge in [0.25, 0.3) is 0 Å². The van der Waals surface area contributed by atoms with Gasteiger partial charge in [0, 0.05) is 13.5 Å². The molecule has 0 amide bonds. The Balaban J connectivity index is 2.26. The maximum Gasteiger partial charge on any atom is 0.0847 e. The first-order valence-electron chi connectivity index (χ1n) is 5.82. The van der Waals surface area contributed by atoms with Crippen LogP contribution in [0.5, 0.6) is 0 Å². The lowest BCUT2D eigenvalue weighted by Gasteiger charge is -2.16. The summed E-state index contributed by atoms with van der Waals surface area (Å²) in [5.41, 5.74) is 5.80. The fourth-order valence-corrected chi connectivity index (χ4v) is 2.29. The van der Waals surface area contributed by atoms with Crippen LogP contribution in [0.3, 0.4) is 0 Å². The SMILES string of the molecule is Cc1nn(C)c(CC(NN)c2ccccc2)c1Cl. The summed E-state index contributed by atoms with van der Waals surface area (Å²) >= 11 is 6.25. The molecule has 0 aliphatic carbocycles. The number of aromatic nitrogens is 2. The fraction of sp³-hybridized carbons (Fsp3) is 0.308. The average molecular weight is 265 g/mol. The van der Waals surface area contributed by atoms with E-state index in [0.29, 0.717) is 11.4 Å². The van der Waals surface area contributed by atoms with Crippen LogP contribution in [0.2, 0.25) is 5.02 Å². The lowest BCUT2D eigenvalue weighted by molar-refractivity contribution is 0.530. The average Bonchev–Trinajstić information content (AvgIpc) is 2.62. The number of hydrazine groups is 1. The zero-order valence-electron chi connectivity index (χ0n) is 10.5. The van der Waals surface area contributed by atoms with E-state index in [2.05, 4.69) is 10.5 Å². The van der Waals surface area contributed by atoms with E-state index >= 15 is 0 Å². The molecule has 2 aromatic rings. The second kappa shape index (κ2) is 5.52. The molecule has 96 valence electrons. The molecule has 1 atom stereocenters. The Morgan fingerprint density at radius 2 is 2.06 bits per heavy atom. The van der Waals surface area contributed by atoms with Gasteiger partial charge in [-0.25, -0.2) is 0 Å². The van der Waals surface area contributed by atoms with E-state index in [1.54, 1.807) is 0 Å². The quantitative estimate of drug-likeness (QED) is 0.657. The molecule has 0 saturated heterocycles. The number of nitrogens with two attached hydrogens (primary N) is 1. The predicted octanol–water partition coefficient (Wildman–Crippen LogP) is 2.13. The first-order valence-corrected chi connectivity index (χ1v) is 6.20. The number of hydrogen-bond acceptors (Lipinski definition) is 3. The van der Waals surface area contributed by atoms with Crippen molar-refractivity contribution in [3.8, 4) is 0 Å². The topological polar surface area (TPSA) is 55.9 Å². The largest absolute Gasteiger partial charge is 0.271 e. The van der Waals surface area contributed by atoms with E-state index < -0.39 is 0 Å². The molecule has 0 bridgehead atoms. The minimum Gasteiger partial charge on any atom is -0.271 e. The van der Waals surface area contributed by atoms with E-state index in [4.69, 9.17) is 17.4 Å². The Morgan fingerprint density at radius 1 is 1.39 bits per heavy atom. The number of nitrogens with one attached hydrogen (secondary N) is 1. The van der Waals surface area contributed by atoms with Crippen molar-refractivity contribution in [2.24, 2.45) is 12.9 Å². The summed E-state index contributed by atoms with van der Waals surface area (Å²) in [6, 6.07) is 10.1. The number of aryl methyl sites for hydroxylation is 2. The molecule has 5 heteroatoms. The minimum absolute atomic E-state index is 0.0264. The Hall–Kier alpha value is -1.36. The molecule has 2 rings (SSSR count). The summed E-state index contributed by atoms with van der Waals surface area (Å²) in [5.74, 6) is 5.64. The van der Waals surface area contributed by atoms with Gasteiger partial charge < -0.3 is 0 Å². The number of benzene rings is 1. The monoisotopic (exact) mass is 264 g/mol. The Labute approximate surface area is 112 Å². The molecular formula is C13H17ClN4. The third-order valence-corrected chi connectivity index (χ3v) is 3.55. The van der Waals surface area contributed by atoms with E-state index in [-0.39, 0.29) is 6.04 Å². The van der Waals surface area contributed by atoms with Gasteiger partial charge in [0.05, 0.1) is 22.5 Å². The van der Waals surface area contributed by atoms with Crippen LogP contribution in [0, 0.1) is 6.92 Å². The highest BCUT2D eigenvalue weighted by atomic mass is 35.5. The summed E-state index contributed by atoms with van der Waals surface area (Å²) in [6.07, 6.45) is 0.705. The van der Waals surface area contributed by atoms with Crippen molar-refractivity contribution in [3.63, 3.8) is 0 Å². The number of halogens is 1. The van der Waals surface area contributed by atoms with Crippen LogP contribution in [0.15, 0.2) is 30.3 Å². The molecule has 1 aromatic heterocycles. The molecule has 0 aliphatic rings. The van der Waals surface area contributed by atoms with Crippen molar-refractivity contribution < 1.29 is 0 Å². The van der Waals surface area contributed by atoms with Crippen LogP contribution < -0.4 is 11.3 Å². The molecule has 4 nitrogen and oxygen atoms in total. The summed E-state index contributed by atoms with van der Waals surface area (Å²) in [4.78, 5) is 0. The van der Waals surface area contributed by atoms with Gasteiger partial charge in [-0.05, 0) is 12.5 Å². The van der Waals surface area contributed by atoms with Crippen molar-refractivity contribution in [1.29, 1.82) is 0 Å². The summed E-state index contributed by atoms with van der Waals surface area (Å²) in [7, 11) is 1.90. The van der Waals surface area contributed by atoms with E-state index in [1.165, 1.54) is 0 Å². The Kier molecular flexibility index (Phi) is 4.01. The van der Waals surface area contributed by atoms with Crippen molar-refractivity contribution in [3.05, 3.63) is 52.3 Å². The first-order chi connectivity index (χ1) is 8.63. The third-order valence-electron chi connectivity index (χ3n) is 3.06. The van der Waals surface area contributed by atoms with Crippen LogP contribution >= 0.6 is 11.6 Å². The molecule has 0 aliphatic heterocycles. The number of nitrogens with zero attached hydrogens (tertiary/aromatic N) is 2. The van der Waals surface area contributed by atoms with Gasteiger partial charge in [0.15, 0.2) is 0 Å². The number of hydrogen-bond donors (Lipinski definition) is 2. The van der Waals surface area contributed by atoms with Gasteiger partial charge in [-0.1, -0.05) is 41.9 Å². The predicted molar refractivity (Wildman–Crippen MR) is 73.2 cm³/mol. The van der Waals surface area contributed by atoms with Crippen LogP contribution in [0.25, 0.3) is 0 Å². The van der Waals surface area contributed by atoms with Crippen LogP contribution in [-0.2, 0) is 13.5 Å². The van der Waals surface area contributed by atoms with E-state index in [0.717, 1.165) is 17.0 Å². The maximum absolute atomic E-state index is 6.25. The van der Waals surface area contributed by atoms with Crippen molar-refractivity contribution in [1.82, 2.24) is 15.2 Å². The highest BCUT2D eigenvalue weighted by Gasteiger charge is 2.17. The zero-order chi connectivity index (χ0) is 13.1. The molecule has 0 saturated carbocycles. The molecule has 18 heavy (non-hydrogen) atoms. The third kappa shape index (κ3) is 2.56. The van der Waals surface area contributed by atoms with Gasteiger partial charge in [-0.15, -0.1) is 0 Å². The lowest BCUT2D eigenvalue weighted by Crippen LogP contribution is -2.30. The highest BCUT2D eigenvalue weighted by Crippen LogP contribution is 2.25. The van der Waals surface area contributed by atoms with Crippen molar-refractivity contribution >= 4 is 11.6 Å².